The third kappa shape index (κ3) is 63.0. The first-order valence-electron chi connectivity index (χ1n) is 36.2. The van der Waals surface area contributed by atoms with E-state index in [0.29, 0.717) is 31.6 Å². The number of rotatable bonds is 67. The molecule has 19 heteroatoms. The Morgan fingerprint density at radius 2 is 0.656 bits per heavy atom. The molecule has 0 fully saturated rings. The van der Waals surface area contributed by atoms with E-state index in [1.54, 1.807) is 0 Å². The predicted octanol–water partition coefficient (Wildman–Crippen LogP) is 19.8. The Bertz CT molecular complexity index is 1860. The second-order valence-corrected chi connectivity index (χ2v) is 29.0. The van der Waals surface area contributed by atoms with Gasteiger partial charge in [0.25, 0.3) is 0 Å². The van der Waals surface area contributed by atoms with Gasteiger partial charge in [0, 0.05) is 25.7 Å². The normalized spacial score (nSPS) is 14.7. The molecular formula is C71H134O17P2. The molecule has 0 amide bonds. The van der Waals surface area contributed by atoms with Crippen molar-refractivity contribution in [3.05, 3.63) is 24.3 Å². The van der Waals surface area contributed by atoms with Gasteiger partial charge in [0.05, 0.1) is 26.4 Å². The number of hydrogen-bond acceptors (Lipinski definition) is 15. The number of phosphoric ester groups is 2. The van der Waals surface area contributed by atoms with E-state index in [9.17, 15) is 43.2 Å². The summed E-state index contributed by atoms with van der Waals surface area (Å²) < 4.78 is 68.2. The minimum atomic E-state index is -4.96. The maximum absolute atomic E-state index is 13.0. The standard InChI is InChI=1S/C71H134O17P2/c1-8-10-11-12-13-14-15-16-17-18-21-24-31-40-47-54-70(75)87-66(58-81-68(73)52-45-38-30-27-26-29-37-44-51-64(7)9-2)60-85-89(77,78)83-56-65(72)57-84-90(79,80)86-61-67(59-82-69(74)53-46-39-34-33-36-43-50-63(5)6)88-71(76)55-48-41-32-25-22-19-20-23-28-35-42-49-62(3)4/h14-17,62-67,72H,8-13,18-61H2,1-7H3,(H,77,78)(H,79,80)/b15-14-,17-16-/t64?,65-,66-,67-/m1/s1. The van der Waals surface area contributed by atoms with E-state index in [4.69, 9.17) is 37.0 Å². The number of esters is 4. The van der Waals surface area contributed by atoms with Gasteiger partial charge in [-0.3, -0.25) is 37.3 Å². The Balaban J connectivity index is 5.29. The lowest BCUT2D eigenvalue weighted by molar-refractivity contribution is -0.161. The number of aliphatic hydroxyl groups excluding tert-OH is 1. The van der Waals surface area contributed by atoms with Gasteiger partial charge in [-0.1, -0.05) is 278 Å². The summed E-state index contributed by atoms with van der Waals surface area (Å²) in [5.74, 6) is 0.0579. The van der Waals surface area contributed by atoms with Crippen LogP contribution in [0.5, 0.6) is 0 Å². The van der Waals surface area contributed by atoms with E-state index in [0.717, 1.165) is 121 Å². The lowest BCUT2D eigenvalue weighted by Gasteiger charge is -2.21. The Hall–Kier alpha value is -2.46. The second kappa shape index (κ2) is 61.4. The topological polar surface area (TPSA) is 237 Å². The average molecular weight is 1320 g/mol. The number of allylic oxidation sites excluding steroid dienone is 4. The molecule has 3 N–H and O–H groups in total. The number of unbranched alkanes of at least 4 members (excludes halogenated alkanes) is 31. The van der Waals surface area contributed by atoms with Gasteiger partial charge in [-0.15, -0.1) is 0 Å². The summed E-state index contributed by atoms with van der Waals surface area (Å²) in [4.78, 5) is 72.5. The van der Waals surface area contributed by atoms with Crippen LogP contribution in [-0.2, 0) is 65.4 Å². The van der Waals surface area contributed by atoms with Crippen LogP contribution < -0.4 is 0 Å². The van der Waals surface area contributed by atoms with E-state index in [1.165, 1.54) is 122 Å². The Morgan fingerprint density at radius 1 is 0.367 bits per heavy atom. The molecule has 0 radical (unpaired) electrons. The van der Waals surface area contributed by atoms with Crippen LogP contribution in [0.2, 0.25) is 0 Å². The van der Waals surface area contributed by atoms with Crippen molar-refractivity contribution >= 4 is 39.5 Å². The molecule has 0 aliphatic carbocycles. The van der Waals surface area contributed by atoms with Crippen molar-refractivity contribution in [1.82, 2.24) is 0 Å². The summed E-state index contributed by atoms with van der Waals surface area (Å²) in [5, 5.41) is 10.6. The Kier molecular flexibility index (Phi) is 59.7. The van der Waals surface area contributed by atoms with Gasteiger partial charge in [-0.25, -0.2) is 9.13 Å². The molecule has 530 valence electrons. The van der Waals surface area contributed by atoms with Crippen LogP contribution in [0.3, 0.4) is 0 Å². The van der Waals surface area contributed by atoms with Gasteiger partial charge in [0.15, 0.2) is 12.2 Å². The van der Waals surface area contributed by atoms with Gasteiger partial charge in [-0.05, 0) is 69.1 Å². The van der Waals surface area contributed by atoms with Crippen LogP contribution in [0.1, 0.15) is 331 Å². The lowest BCUT2D eigenvalue weighted by atomic mass is 9.99. The largest absolute Gasteiger partial charge is 0.472 e. The highest BCUT2D eigenvalue weighted by Crippen LogP contribution is 2.45. The fourth-order valence-corrected chi connectivity index (χ4v) is 11.7. The van der Waals surface area contributed by atoms with Crippen LogP contribution >= 0.6 is 15.6 Å². The van der Waals surface area contributed by atoms with Crippen LogP contribution in [-0.4, -0.2) is 96.7 Å². The lowest BCUT2D eigenvalue weighted by Crippen LogP contribution is -2.30. The summed E-state index contributed by atoms with van der Waals surface area (Å²) >= 11 is 0. The summed E-state index contributed by atoms with van der Waals surface area (Å²) in [6.45, 7) is 11.7. The molecule has 0 saturated carbocycles. The van der Waals surface area contributed by atoms with Crippen LogP contribution in [0.15, 0.2) is 24.3 Å². The fraction of sp³-hybridized carbons (Fsp3) is 0.887. The van der Waals surface area contributed by atoms with Crippen molar-refractivity contribution in [2.24, 2.45) is 17.8 Å². The van der Waals surface area contributed by atoms with Crippen LogP contribution in [0.25, 0.3) is 0 Å². The molecule has 6 atom stereocenters. The molecule has 0 aliphatic rings. The molecule has 0 aromatic rings. The van der Waals surface area contributed by atoms with Crippen molar-refractivity contribution in [2.75, 3.05) is 39.6 Å². The maximum Gasteiger partial charge on any atom is 0.472 e. The molecule has 90 heavy (non-hydrogen) atoms. The van der Waals surface area contributed by atoms with Gasteiger partial charge >= 0.3 is 39.5 Å². The van der Waals surface area contributed by atoms with Gasteiger partial charge in [-0.2, -0.15) is 0 Å². The van der Waals surface area contributed by atoms with Gasteiger partial charge in [0.1, 0.15) is 19.3 Å². The molecule has 17 nitrogen and oxygen atoms in total. The molecule has 0 spiro atoms. The maximum atomic E-state index is 13.0. The summed E-state index contributed by atoms with van der Waals surface area (Å²) in [6.07, 6.45) is 48.1. The molecule has 0 saturated heterocycles. The second-order valence-electron chi connectivity index (χ2n) is 26.1. The Labute approximate surface area is 548 Å². The van der Waals surface area contributed by atoms with E-state index in [-0.39, 0.29) is 25.7 Å². The average Bonchev–Trinajstić information content (AvgIpc) is 3.54. The minimum absolute atomic E-state index is 0.0840. The van der Waals surface area contributed by atoms with Gasteiger partial charge < -0.3 is 33.8 Å². The zero-order chi connectivity index (χ0) is 66.6. The molecule has 0 rings (SSSR count). The number of phosphoric acid groups is 2. The Morgan fingerprint density at radius 3 is 0.989 bits per heavy atom. The predicted molar refractivity (Wildman–Crippen MR) is 363 cm³/mol. The van der Waals surface area contributed by atoms with Crippen LogP contribution in [0.4, 0.5) is 0 Å². The van der Waals surface area contributed by atoms with Crippen molar-refractivity contribution in [1.29, 1.82) is 0 Å². The number of ether oxygens (including phenoxy) is 4. The number of carbonyl (C=O) groups is 4. The SMILES string of the molecule is CCCCCC/C=C\C=C/CCCCCCCC(=O)O[C@H](COC(=O)CCCCCCCCCCC(C)CC)COP(=O)(O)OC[C@@H](O)COP(=O)(O)OC[C@@H](COC(=O)CCCCCCCCC(C)C)OC(=O)CCCCCCCCCCCCCC(C)C. The van der Waals surface area contributed by atoms with E-state index in [2.05, 4.69) is 72.8 Å². The monoisotopic (exact) mass is 1320 g/mol. The highest BCUT2D eigenvalue weighted by atomic mass is 31.2. The minimum Gasteiger partial charge on any atom is -0.462 e. The summed E-state index contributed by atoms with van der Waals surface area (Å²) in [6, 6.07) is 0. The summed E-state index contributed by atoms with van der Waals surface area (Å²) in [5.41, 5.74) is 0. The third-order valence-corrected chi connectivity index (χ3v) is 18.0. The van der Waals surface area contributed by atoms with Crippen molar-refractivity contribution in [2.45, 2.75) is 349 Å². The number of carbonyl (C=O) groups excluding carboxylic acids is 4. The first kappa shape index (κ1) is 87.5. The molecular weight excluding hydrogens is 1190 g/mol. The molecule has 0 aromatic carbocycles. The number of aliphatic hydroxyl groups is 1. The first-order valence-corrected chi connectivity index (χ1v) is 39.2. The smallest absolute Gasteiger partial charge is 0.462 e. The van der Waals surface area contributed by atoms with Gasteiger partial charge in [0.2, 0.25) is 0 Å². The first-order chi connectivity index (χ1) is 43.3. The van der Waals surface area contributed by atoms with Crippen molar-refractivity contribution in [3.63, 3.8) is 0 Å². The highest BCUT2D eigenvalue weighted by Gasteiger charge is 2.30. The van der Waals surface area contributed by atoms with E-state index in [1.807, 2.05) is 0 Å². The summed E-state index contributed by atoms with van der Waals surface area (Å²) in [7, 11) is -9.92. The van der Waals surface area contributed by atoms with Crippen molar-refractivity contribution < 1.29 is 80.2 Å². The van der Waals surface area contributed by atoms with Crippen LogP contribution in [0, 0.1) is 17.8 Å². The molecule has 0 bridgehead atoms. The molecule has 0 aromatic heterocycles. The fourth-order valence-electron chi connectivity index (χ4n) is 10.1. The third-order valence-electron chi connectivity index (χ3n) is 16.1. The molecule has 0 heterocycles. The molecule has 3 unspecified atom stereocenters. The molecule has 0 aliphatic heterocycles. The van der Waals surface area contributed by atoms with E-state index >= 15 is 0 Å². The van der Waals surface area contributed by atoms with Crippen molar-refractivity contribution in [3.8, 4) is 0 Å². The number of hydrogen-bond donors (Lipinski definition) is 3. The zero-order valence-electron chi connectivity index (χ0n) is 58.1. The van der Waals surface area contributed by atoms with E-state index < -0.39 is 97.5 Å². The quantitative estimate of drug-likeness (QED) is 0.0169. The highest BCUT2D eigenvalue weighted by molar-refractivity contribution is 7.47. The zero-order valence-corrected chi connectivity index (χ0v) is 59.9.